The van der Waals surface area contributed by atoms with Crippen molar-refractivity contribution >= 4 is 121 Å². The summed E-state index contributed by atoms with van der Waals surface area (Å²) in [5, 5.41) is 9.00. The monoisotopic (exact) mass is 629 g/mol. The van der Waals surface area contributed by atoms with Gasteiger partial charge in [0, 0.05) is 14.2 Å². The summed E-state index contributed by atoms with van der Waals surface area (Å²) < 4.78 is -1.02. The van der Waals surface area contributed by atoms with Crippen LogP contribution in [0.1, 0.15) is 10.4 Å². The van der Waals surface area contributed by atoms with E-state index >= 15 is 0 Å². The molecule has 0 saturated carbocycles. The summed E-state index contributed by atoms with van der Waals surface area (Å²) in [6.45, 7) is 0. The first-order valence-corrected chi connectivity index (χ1v) is 11.1. The van der Waals surface area contributed by atoms with Gasteiger partial charge < -0.3 is 16.0 Å². The fraction of sp³-hybridized carbons (Fsp3) is 0.125. The molecule has 150 valence electrons. The molecule has 0 aliphatic heterocycles. The van der Waals surface area contributed by atoms with Gasteiger partial charge >= 0.3 is 0 Å². The highest BCUT2D eigenvalue weighted by Gasteiger charge is 2.35. The van der Waals surface area contributed by atoms with Crippen molar-refractivity contribution in [2.45, 2.75) is 9.96 Å². The van der Waals surface area contributed by atoms with Gasteiger partial charge in [-0.05, 0) is 65.1 Å². The zero-order valence-electron chi connectivity index (χ0n) is 13.5. The Labute approximate surface area is 210 Å². The lowest BCUT2D eigenvalue weighted by molar-refractivity contribution is 0.0934. The Morgan fingerprint density at radius 2 is 1.64 bits per heavy atom. The molecular formula is C16H10Cl6IN3OS. The van der Waals surface area contributed by atoms with Crippen LogP contribution in [0.25, 0.3) is 0 Å². The van der Waals surface area contributed by atoms with Crippen LogP contribution in [0.5, 0.6) is 0 Å². The molecule has 1 amide bonds. The molecule has 2 rings (SSSR count). The van der Waals surface area contributed by atoms with E-state index in [0.717, 1.165) is 3.57 Å². The molecule has 0 radical (unpaired) electrons. The summed E-state index contributed by atoms with van der Waals surface area (Å²) in [6, 6.07) is 9.90. The third-order valence-electron chi connectivity index (χ3n) is 3.21. The number of hydrogen-bond acceptors (Lipinski definition) is 2. The third-order valence-corrected chi connectivity index (χ3v) is 5.57. The second kappa shape index (κ2) is 10.4. The van der Waals surface area contributed by atoms with Crippen molar-refractivity contribution in [1.29, 1.82) is 0 Å². The molecule has 0 saturated heterocycles. The van der Waals surface area contributed by atoms with Crippen LogP contribution in [0.2, 0.25) is 15.1 Å². The normalized spacial score (nSPS) is 12.2. The third kappa shape index (κ3) is 7.09. The van der Waals surface area contributed by atoms with Crippen LogP contribution < -0.4 is 16.0 Å². The maximum atomic E-state index is 12.5. The average Bonchev–Trinajstić information content (AvgIpc) is 2.56. The molecule has 0 aliphatic carbocycles. The number of carbonyl (C=O) groups excluding carboxylic acids is 1. The van der Waals surface area contributed by atoms with E-state index in [2.05, 4.69) is 38.5 Å². The quantitative estimate of drug-likeness (QED) is 0.153. The first-order valence-electron chi connectivity index (χ1n) is 7.32. The van der Waals surface area contributed by atoms with E-state index in [1.165, 1.54) is 12.1 Å². The van der Waals surface area contributed by atoms with Crippen LogP contribution in [0, 0.1) is 3.57 Å². The van der Waals surface area contributed by atoms with Crippen molar-refractivity contribution < 1.29 is 4.79 Å². The first-order chi connectivity index (χ1) is 13.0. The van der Waals surface area contributed by atoms with Gasteiger partial charge in [-0.25, -0.2) is 0 Å². The Bertz CT molecular complexity index is 885. The number of carbonyl (C=O) groups is 1. The van der Waals surface area contributed by atoms with Crippen molar-refractivity contribution in [2.24, 2.45) is 0 Å². The van der Waals surface area contributed by atoms with E-state index in [9.17, 15) is 4.79 Å². The van der Waals surface area contributed by atoms with Gasteiger partial charge in [0.15, 0.2) is 5.11 Å². The fourth-order valence-corrected chi connectivity index (χ4v) is 3.99. The standard InChI is InChI=1S/C16H10Cl6IN3OS/c17-8-5-10(18)12(11(19)6-8)24-15(28)26-14(16(20,21)22)25-13(27)7-2-1-3-9(23)4-7/h1-6,14H,(H,25,27)(H2,24,26,28). The molecule has 3 N–H and O–H groups in total. The maximum Gasteiger partial charge on any atom is 0.253 e. The Morgan fingerprint density at radius 1 is 1.04 bits per heavy atom. The smallest absolute Gasteiger partial charge is 0.253 e. The minimum Gasteiger partial charge on any atom is -0.339 e. The van der Waals surface area contributed by atoms with Crippen molar-refractivity contribution in [3.63, 3.8) is 0 Å². The van der Waals surface area contributed by atoms with Crippen LogP contribution in [0.3, 0.4) is 0 Å². The number of anilines is 1. The highest BCUT2D eigenvalue weighted by atomic mass is 127. The lowest BCUT2D eigenvalue weighted by atomic mass is 10.2. The predicted molar refractivity (Wildman–Crippen MR) is 132 cm³/mol. The lowest BCUT2D eigenvalue weighted by Crippen LogP contribution is -2.56. The summed E-state index contributed by atoms with van der Waals surface area (Å²) in [5.41, 5.74) is 0.716. The maximum absolute atomic E-state index is 12.5. The van der Waals surface area contributed by atoms with Gasteiger partial charge in [-0.2, -0.15) is 0 Å². The molecule has 2 aromatic rings. The minimum atomic E-state index is -1.91. The second-order valence-electron chi connectivity index (χ2n) is 5.30. The zero-order valence-corrected chi connectivity index (χ0v) is 21.0. The Hall–Kier alpha value is 0.0700. The second-order valence-corrected chi connectivity index (χ2v) is 10.6. The largest absolute Gasteiger partial charge is 0.339 e. The highest BCUT2D eigenvalue weighted by Crippen LogP contribution is 2.34. The summed E-state index contributed by atoms with van der Waals surface area (Å²) in [7, 11) is 0. The van der Waals surface area contributed by atoms with Crippen molar-refractivity contribution in [1.82, 2.24) is 10.6 Å². The van der Waals surface area contributed by atoms with Gasteiger partial charge in [0.2, 0.25) is 3.79 Å². The minimum absolute atomic E-state index is 0.0189. The zero-order chi connectivity index (χ0) is 21.1. The van der Waals surface area contributed by atoms with Crippen molar-refractivity contribution in [3.8, 4) is 0 Å². The Morgan fingerprint density at radius 3 is 2.18 bits per heavy atom. The number of halogens is 7. The van der Waals surface area contributed by atoms with E-state index < -0.39 is 15.9 Å². The molecule has 12 heteroatoms. The van der Waals surface area contributed by atoms with Crippen LogP contribution in [-0.2, 0) is 0 Å². The van der Waals surface area contributed by atoms with Crippen molar-refractivity contribution in [3.05, 3.63) is 60.6 Å². The molecule has 0 aliphatic rings. The molecule has 4 nitrogen and oxygen atoms in total. The Kier molecular flexibility index (Phi) is 9.04. The van der Waals surface area contributed by atoms with Crippen LogP contribution in [0.4, 0.5) is 5.69 Å². The number of benzene rings is 2. The number of rotatable bonds is 4. The van der Waals surface area contributed by atoms with E-state index in [1.54, 1.807) is 18.2 Å². The number of thiocarbonyl (C=S) groups is 1. The van der Waals surface area contributed by atoms with Gasteiger partial charge in [0.05, 0.1) is 15.7 Å². The molecule has 1 unspecified atom stereocenters. The molecule has 2 aromatic carbocycles. The first kappa shape index (κ1) is 24.3. The van der Waals surface area contributed by atoms with Gasteiger partial charge in [-0.3, -0.25) is 4.79 Å². The molecule has 28 heavy (non-hydrogen) atoms. The van der Waals surface area contributed by atoms with Crippen LogP contribution in [0.15, 0.2) is 36.4 Å². The van der Waals surface area contributed by atoms with Crippen LogP contribution >= 0.6 is 104 Å². The van der Waals surface area contributed by atoms with Crippen molar-refractivity contribution in [2.75, 3.05) is 5.32 Å². The van der Waals surface area contributed by atoms with Gasteiger partial charge in [-0.15, -0.1) is 0 Å². The summed E-state index contributed by atoms with van der Waals surface area (Å²) in [4.78, 5) is 12.5. The molecule has 0 fully saturated rings. The van der Waals surface area contributed by atoms with E-state index in [0.29, 0.717) is 16.3 Å². The predicted octanol–water partition coefficient (Wildman–Crippen LogP) is 6.66. The highest BCUT2D eigenvalue weighted by molar-refractivity contribution is 14.1. The summed E-state index contributed by atoms with van der Waals surface area (Å²) >= 11 is 43.4. The molecular weight excluding hydrogens is 622 g/mol. The molecule has 0 aromatic heterocycles. The van der Waals surface area contributed by atoms with E-state index in [1.807, 2.05) is 6.07 Å². The van der Waals surface area contributed by atoms with E-state index in [-0.39, 0.29) is 15.2 Å². The van der Waals surface area contributed by atoms with Gasteiger partial charge in [0.1, 0.15) is 6.17 Å². The molecule has 0 heterocycles. The SMILES string of the molecule is O=C(NC(NC(=S)Nc1c(Cl)cc(Cl)cc1Cl)C(Cl)(Cl)Cl)c1cccc(I)c1. The molecule has 0 spiro atoms. The molecule has 0 bridgehead atoms. The Balaban J connectivity index is 2.14. The number of alkyl halides is 3. The number of amides is 1. The van der Waals surface area contributed by atoms with Gasteiger partial charge in [-0.1, -0.05) is 75.7 Å². The number of nitrogens with one attached hydrogen (secondary N) is 3. The van der Waals surface area contributed by atoms with Crippen LogP contribution in [-0.4, -0.2) is 21.0 Å². The summed E-state index contributed by atoms with van der Waals surface area (Å²) in [6.07, 6.45) is -1.15. The lowest BCUT2D eigenvalue weighted by Gasteiger charge is -2.28. The topological polar surface area (TPSA) is 53.2 Å². The number of hydrogen-bond donors (Lipinski definition) is 3. The van der Waals surface area contributed by atoms with E-state index in [4.69, 9.17) is 81.8 Å². The average molecular weight is 632 g/mol. The van der Waals surface area contributed by atoms with Gasteiger partial charge in [0.25, 0.3) is 5.91 Å². The molecule has 1 atom stereocenters. The summed E-state index contributed by atoms with van der Waals surface area (Å²) in [5.74, 6) is -0.451. The fourth-order valence-electron chi connectivity index (χ4n) is 1.99.